The molecule has 140 valence electrons. The standard InChI is InChI=1S/C19H33N5O/c1-14(2)24(15(3)4)11-10-21-19(20-6)22-13-17-8-7-9-18(12-17)23-16(5)25/h7-9,12,14-15H,10-11,13H2,1-6H3,(H,23,25)(H2,20,21,22). The molecule has 0 spiro atoms. The smallest absolute Gasteiger partial charge is 0.221 e. The second kappa shape index (κ2) is 10.7. The van der Waals surface area contributed by atoms with Gasteiger partial charge in [-0.15, -0.1) is 0 Å². The summed E-state index contributed by atoms with van der Waals surface area (Å²) in [6.45, 7) is 12.8. The van der Waals surface area contributed by atoms with Crippen LogP contribution in [0.25, 0.3) is 0 Å². The summed E-state index contributed by atoms with van der Waals surface area (Å²) < 4.78 is 0. The second-order valence-corrected chi connectivity index (χ2v) is 6.66. The number of nitrogens with zero attached hydrogens (tertiary/aromatic N) is 2. The van der Waals surface area contributed by atoms with Crippen LogP contribution in [0.4, 0.5) is 5.69 Å². The number of hydrogen-bond acceptors (Lipinski definition) is 3. The summed E-state index contributed by atoms with van der Waals surface area (Å²) in [7, 11) is 1.77. The number of hydrogen-bond donors (Lipinski definition) is 3. The molecule has 0 unspecified atom stereocenters. The van der Waals surface area contributed by atoms with E-state index in [-0.39, 0.29) is 5.91 Å². The van der Waals surface area contributed by atoms with Crippen molar-refractivity contribution >= 4 is 17.6 Å². The molecule has 1 amide bonds. The Balaban J connectivity index is 2.48. The molecule has 6 heteroatoms. The minimum Gasteiger partial charge on any atom is -0.355 e. The van der Waals surface area contributed by atoms with Gasteiger partial charge < -0.3 is 16.0 Å². The molecule has 25 heavy (non-hydrogen) atoms. The predicted octanol–water partition coefficient (Wildman–Crippen LogP) is 2.43. The highest BCUT2D eigenvalue weighted by Gasteiger charge is 2.12. The lowest BCUT2D eigenvalue weighted by atomic mass is 10.2. The Hall–Kier alpha value is -2.08. The SMILES string of the molecule is CN=C(NCCN(C(C)C)C(C)C)NCc1cccc(NC(C)=O)c1. The molecule has 0 bridgehead atoms. The molecule has 1 aromatic rings. The van der Waals surface area contributed by atoms with Crippen LogP contribution in [0.15, 0.2) is 29.3 Å². The van der Waals surface area contributed by atoms with Gasteiger partial charge >= 0.3 is 0 Å². The number of nitrogens with one attached hydrogen (secondary N) is 3. The van der Waals surface area contributed by atoms with E-state index in [1.54, 1.807) is 7.05 Å². The van der Waals surface area contributed by atoms with Crippen molar-refractivity contribution in [3.05, 3.63) is 29.8 Å². The van der Waals surface area contributed by atoms with E-state index in [2.05, 4.69) is 53.5 Å². The van der Waals surface area contributed by atoms with E-state index in [0.717, 1.165) is 30.3 Å². The zero-order valence-corrected chi connectivity index (χ0v) is 16.4. The topological polar surface area (TPSA) is 68.8 Å². The van der Waals surface area contributed by atoms with Gasteiger partial charge in [-0.05, 0) is 45.4 Å². The second-order valence-electron chi connectivity index (χ2n) is 6.66. The Morgan fingerprint density at radius 2 is 1.84 bits per heavy atom. The summed E-state index contributed by atoms with van der Waals surface area (Å²) >= 11 is 0. The fourth-order valence-corrected chi connectivity index (χ4v) is 2.78. The predicted molar refractivity (Wildman–Crippen MR) is 106 cm³/mol. The van der Waals surface area contributed by atoms with Gasteiger partial charge in [0.2, 0.25) is 5.91 Å². The van der Waals surface area contributed by atoms with E-state index in [0.29, 0.717) is 18.6 Å². The minimum atomic E-state index is -0.0672. The fourth-order valence-electron chi connectivity index (χ4n) is 2.78. The lowest BCUT2D eigenvalue weighted by Crippen LogP contribution is -2.45. The molecule has 0 heterocycles. The molecule has 1 aromatic carbocycles. The molecule has 3 N–H and O–H groups in total. The number of aliphatic imine (C=N–C) groups is 1. The number of carbonyl (C=O) groups is 1. The molecule has 0 radical (unpaired) electrons. The third kappa shape index (κ3) is 8.03. The molecule has 0 saturated heterocycles. The zero-order valence-electron chi connectivity index (χ0n) is 16.4. The van der Waals surface area contributed by atoms with Crippen LogP contribution >= 0.6 is 0 Å². The van der Waals surface area contributed by atoms with Crippen LogP contribution in [-0.4, -0.2) is 49.0 Å². The van der Waals surface area contributed by atoms with Gasteiger partial charge in [-0.1, -0.05) is 12.1 Å². The molecular formula is C19H33N5O. The number of rotatable bonds is 8. The van der Waals surface area contributed by atoms with E-state index in [9.17, 15) is 4.79 Å². The largest absolute Gasteiger partial charge is 0.355 e. The van der Waals surface area contributed by atoms with E-state index >= 15 is 0 Å². The van der Waals surface area contributed by atoms with Gasteiger partial charge in [0.25, 0.3) is 0 Å². The number of amides is 1. The number of benzene rings is 1. The third-order valence-electron chi connectivity index (χ3n) is 3.92. The summed E-state index contributed by atoms with van der Waals surface area (Å²) in [6, 6.07) is 8.83. The van der Waals surface area contributed by atoms with Gasteiger partial charge in [0.1, 0.15) is 0 Å². The van der Waals surface area contributed by atoms with Gasteiger partial charge in [0.15, 0.2) is 5.96 Å². The molecule has 0 fully saturated rings. The average molecular weight is 348 g/mol. The Morgan fingerprint density at radius 3 is 2.40 bits per heavy atom. The van der Waals surface area contributed by atoms with E-state index in [4.69, 9.17) is 0 Å². The van der Waals surface area contributed by atoms with Crippen molar-refractivity contribution in [1.29, 1.82) is 0 Å². The monoisotopic (exact) mass is 347 g/mol. The van der Waals surface area contributed by atoms with Gasteiger partial charge in [-0.3, -0.25) is 14.7 Å². The molecule has 0 aliphatic heterocycles. The Kier molecular flexibility index (Phi) is 8.99. The first-order valence-corrected chi connectivity index (χ1v) is 8.90. The van der Waals surface area contributed by atoms with Gasteiger partial charge in [0.05, 0.1) is 0 Å². The van der Waals surface area contributed by atoms with E-state index in [1.807, 2.05) is 24.3 Å². The van der Waals surface area contributed by atoms with Crippen molar-refractivity contribution in [2.45, 2.75) is 53.2 Å². The van der Waals surface area contributed by atoms with E-state index < -0.39 is 0 Å². The Bertz CT molecular complexity index is 561. The maximum atomic E-state index is 11.1. The highest BCUT2D eigenvalue weighted by molar-refractivity contribution is 5.88. The van der Waals surface area contributed by atoms with E-state index in [1.165, 1.54) is 6.92 Å². The van der Waals surface area contributed by atoms with Crippen molar-refractivity contribution in [1.82, 2.24) is 15.5 Å². The maximum Gasteiger partial charge on any atom is 0.221 e. The maximum absolute atomic E-state index is 11.1. The highest BCUT2D eigenvalue weighted by atomic mass is 16.1. The van der Waals surface area contributed by atoms with Crippen molar-refractivity contribution in [2.24, 2.45) is 4.99 Å². The summed E-state index contributed by atoms with van der Waals surface area (Å²) in [6.07, 6.45) is 0. The van der Waals surface area contributed by atoms with Crippen LogP contribution in [0.2, 0.25) is 0 Å². The first-order valence-electron chi connectivity index (χ1n) is 8.90. The summed E-state index contributed by atoms with van der Waals surface area (Å²) in [5, 5.41) is 9.46. The van der Waals surface area contributed by atoms with Crippen molar-refractivity contribution in [3.63, 3.8) is 0 Å². The molecule has 0 aliphatic rings. The first kappa shape index (κ1) is 21.0. The molecule has 0 atom stereocenters. The van der Waals surface area contributed by atoms with Crippen molar-refractivity contribution < 1.29 is 4.79 Å². The van der Waals surface area contributed by atoms with Crippen molar-refractivity contribution in [3.8, 4) is 0 Å². The number of anilines is 1. The van der Waals surface area contributed by atoms with Crippen LogP contribution < -0.4 is 16.0 Å². The molecule has 0 aliphatic carbocycles. The zero-order chi connectivity index (χ0) is 18.8. The van der Waals surface area contributed by atoms with Crippen LogP contribution in [0, 0.1) is 0 Å². The van der Waals surface area contributed by atoms with Gasteiger partial charge in [-0.25, -0.2) is 0 Å². The third-order valence-corrected chi connectivity index (χ3v) is 3.92. The van der Waals surface area contributed by atoms with Gasteiger partial charge in [-0.2, -0.15) is 0 Å². The minimum absolute atomic E-state index is 0.0672. The van der Waals surface area contributed by atoms with Crippen LogP contribution in [0.5, 0.6) is 0 Å². The van der Waals surface area contributed by atoms with Crippen LogP contribution in [0.1, 0.15) is 40.2 Å². The normalized spacial score (nSPS) is 12.0. The number of guanidine groups is 1. The molecule has 0 saturated carbocycles. The van der Waals surface area contributed by atoms with Gasteiger partial charge in [0, 0.05) is 51.4 Å². The first-order chi connectivity index (χ1) is 11.8. The quantitative estimate of drug-likeness (QED) is 0.499. The molecule has 0 aromatic heterocycles. The average Bonchev–Trinajstić information content (AvgIpc) is 2.53. The van der Waals surface area contributed by atoms with Crippen LogP contribution in [0.3, 0.4) is 0 Å². The molecule has 6 nitrogen and oxygen atoms in total. The fraction of sp³-hybridized carbons (Fsp3) is 0.579. The summed E-state index contributed by atoms with van der Waals surface area (Å²) in [5.41, 5.74) is 1.89. The molecular weight excluding hydrogens is 314 g/mol. The van der Waals surface area contributed by atoms with Crippen molar-refractivity contribution in [2.75, 3.05) is 25.5 Å². The summed E-state index contributed by atoms with van der Waals surface area (Å²) in [5.74, 6) is 0.708. The van der Waals surface area contributed by atoms with Crippen LogP contribution in [-0.2, 0) is 11.3 Å². The Morgan fingerprint density at radius 1 is 1.16 bits per heavy atom. The summed E-state index contributed by atoms with van der Waals surface area (Å²) in [4.78, 5) is 17.9. The lowest BCUT2D eigenvalue weighted by molar-refractivity contribution is -0.114. The highest BCUT2D eigenvalue weighted by Crippen LogP contribution is 2.10. The number of carbonyl (C=O) groups excluding carboxylic acids is 1. The molecule has 1 rings (SSSR count). The lowest BCUT2D eigenvalue weighted by Gasteiger charge is -2.30. The Labute approximate surface area is 152 Å².